The Morgan fingerprint density at radius 2 is 1.22 bits per heavy atom. The zero-order valence-corrected chi connectivity index (χ0v) is 28.6. The number of likely N-dealkylation sites (tertiary alicyclic amines) is 1. The smallest absolute Gasteiger partial charge is 0.409 e. The molecule has 1 fully saturated rings. The van der Waals surface area contributed by atoms with Crippen molar-refractivity contribution in [1.29, 1.82) is 0 Å². The Hall–Kier alpha value is -5.14. The summed E-state index contributed by atoms with van der Waals surface area (Å²) in [5.74, 6) is 0.527. The Bertz CT molecular complexity index is 1920. The van der Waals surface area contributed by atoms with Crippen molar-refractivity contribution in [1.82, 2.24) is 18.9 Å². The van der Waals surface area contributed by atoms with Gasteiger partial charge in [0, 0.05) is 51.2 Å². The van der Waals surface area contributed by atoms with Crippen LogP contribution in [0.3, 0.4) is 0 Å². The number of carbonyl (C=O) groups excluding carboxylic acids is 1. The van der Waals surface area contributed by atoms with E-state index in [1.807, 2.05) is 39.5 Å². The monoisotopic (exact) mass is 666 g/mol. The molecule has 7 nitrogen and oxygen atoms in total. The molecule has 2 atom stereocenters. The molecule has 0 bridgehead atoms. The molecule has 2 aliphatic rings. The van der Waals surface area contributed by atoms with Gasteiger partial charge < -0.3 is 9.64 Å². The molecule has 1 aliphatic carbocycles. The number of rotatable bonds is 12. The van der Waals surface area contributed by atoms with Crippen LogP contribution in [0.25, 0.3) is 11.0 Å². The average molecular weight is 667 g/mol. The molecule has 0 N–H and O–H groups in total. The van der Waals surface area contributed by atoms with Crippen LogP contribution in [-0.4, -0.2) is 51.3 Å². The first-order chi connectivity index (χ1) is 24.6. The first kappa shape index (κ1) is 33.4. The zero-order chi connectivity index (χ0) is 34.1. The third-order valence-electron chi connectivity index (χ3n) is 10.2. The highest BCUT2D eigenvalue weighted by Crippen LogP contribution is 2.29. The van der Waals surface area contributed by atoms with Crippen molar-refractivity contribution >= 4 is 17.1 Å². The molecule has 7 heteroatoms. The lowest BCUT2D eigenvalue weighted by atomic mass is 9.83. The molecule has 1 saturated heterocycles. The maximum absolute atomic E-state index is 14.2. The molecule has 0 saturated carbocycles. The van der Waals surface area contributed by atoms with Gasteiger partial charge in [0.1, 0.15) is 6.61 Å². The quantitative estimate of drug-likeness (QED) is 0.136. The van der Waals surface area contributed by atoms with E-state index in [1.54, 1.807) is 4.90 Å². The van der Waals surface area contributed by atoms with E-state index < -0.39 is 0 Å². The van der Waals surface area contributed by atoms with Crippen LogP contribution in [0.4, 0.5) is 4.79 Å². The topological polar surface area (TPSA) is 59.7 Å². The summed E-state index contributed by atoms with van der Waals surface area (Å²) in [4.78, 5) is 31.5. The number of aromatic nitrogens is 2. The number of para-hydroxylation sites is 2. The van der Waals surface area contributed by atoms with Gasteiger partial charge in [0.15, 0.2) is 0 Å². The lowest BCUT2D eigenvalue weighted by Gasteiger charge is -2.32. The first-order valence-electron chi connectivity index (χ1n) is 17.9. The van der Waals surface area contributed by atoms with E-state index in [0.717, 1.165) is 30.5 Å². The van der Waals surface area contributed by atoms with Crippen LogP contribution in [0.2, 0.25) is 0 Å². The van der Waals surface area contributed by atoms with Crippen LogP contribution >= 0.6 is 0 Å². The summed E-state index contributed by atoms with van der Waals surface area (Å²) < 4.78 is 9.78. The van der Waals surface area contributed by atoms with E-state index in [9.17, 15) is 9.59 Å². The second kappa shape index (κ2) is 16.0. The number of carbonyl (C=O) groups is 1. The standard InChI is InChI=1S/C43H46N4O3/c48-42-46(33-38-21-11-10-20-37(38)30-34-14-4-1-5-15-34)40-22-12-13-23-41(40)47(42)39-24-26-45(27-25-39)43(49)50-29-28-44(31-35-16-6-2-7-17-35)32-36-18-8-3-9-19-36/h1-23,37-39H,24-33H2. The van der Waals surface area contributed by atoms with Gasteiger partial charge in [0.05, 0.1) is 11.0 Å². The molecule has 2 heterocycles. The molecule has 1 aliphatic heterocycles. The zero-order valence-electron chi connectivity index (χ0n) is 28.6. The maximum Gasteiger partial charge on any atom is 0.409 e. The molecule has 5 aromatic rings. The Balaban J connectivity index is 0.977. The van der Waals surface area contributed by atoms with E-state index in [0.29, 0.717) is 51.5 Å². The van der Waals surface area contributed by atoms with Crippen molar-refractivity contribution < 1.29 is 9.53 Å². The van der Waals surface area contributed by atoms with Crippen LogP contribution in [0, 0.1) is 11.8 Å². The van der Waals surface area contributed by atoms with Crippen LogP contribution < -0.4 is 5.69 Å². The Morgan fingerprint density at radius 3 is 1.84 bits per heavy atom. The lowest BCUT2D eigenvalue weighted by molar-refractivity contribution is 0.0769. The minimum absolute atomic E-state index is 0.0202. The number of imidazole rings is 1. The van der Waals surface area contributed by atoms with Gasteiger partial charge in [-0.2, -0.15) is 0 Å². The number of amides is 1. The molecule has 0 radical (unpaired) electrons. The molecule has 0 spiro atoms. The summed E-state index contributed by atoms with van der Waals surface area (Å²) in [6.45, 7) is 4.26. The first-order valence-corrected chi connectivity index (χ1v) is 17.9. The molecule has 7 rings (SSSR count). The summed E-state index contributed by atoms with van der Waals surface area (Å²) in [5.41, 5.74) is 5.73. The van der Waals surface area contributed by atoms with Gasteiger partial charge in [-0.15, -0.1) is 0 Å². The summed E-state index contributed by atoms with van der Waals surface area (Å²) in [6.07, 6.45) is 10.8. The average Bonchev–Trinajstić information content (AvgIpc) is 3.44. The van der Waals surface area contributed by atoms with Crippen LogP contribution in [0.1, 0.15) is 35.6 Å². The Kier molecular flexibility index (Phi) is 10.7. The lowest BCUT2D eigenvalue weighted by Crippen LogP contribution is -2.42. The highest BCUT2D eigenvalue weighted by molar-refractivity contribution is 5.76. The highest BCUT2D eigenvalue weighted by atomic mass is 16.6. The summed E-state index contributed by atoms with van der Waals surface area (Å²) in [5, 5.41) is 0. The fourth-order valence-electron chi connectivity index (χ4n) is 7.53. The van der Waals surface area contributed by atoms with Crippen molar-refractivity contribution in [2.24, 2.45) is 11.8 Å². The van der Waals surface area contributed by atoms with Crippen molar-refractivity contribution in [2.45, 2.75) is 44.9 Å². The number of ether oxygens (including phenoxy) is 1. The largest absolute Gasteiger partial charge is 0.448 e. The van der Waals surface area contributed by atoms with Crippen LogP contribution in [0.5, 0.6) is 0 Å². The number of benzene rings is 4. The molecule has 256 valence electrons. The van der Waals surface area contributed by atoms with Gasteiger partial charge in [0.2, 0.25) is 0 Å². The third-order valence-corrected chi connectivity index (χ3v) is 10.2. The van der Waals surface area contributed by atoms with Gasteiger partial charge in [-0.25, -0.2) is 9.59 Å². The highest BCUT2D eigenvalue weighted by Gasteiger charge is 2.29. The predicted octanol–water partition coefficient (Wildman–Crippen LogP) is 7.88. The second-order valence-electron chi connectivity index (χ2n) is 13.6. The Morgan fingerprint density at radius 1 is 0.680 bits per heavy atom. The number of nitrogens with zero attached hydrogens (tertiary/aromatic N) is 4. The molecule has 1 aromatic heterocycles. The normalized spacial score (nSPS) is 17.8. The van der Waals surface area contributed by atoms with E-state index in [2.05, 4.69) is 114 Å². The predicted molar refractivity (Wildman–Crippen MR) is 200 cm³/mol. The number of allylic oxidation sites excluding steroid dienone is 4. The minimum Gasteiger partial charge on any atom is -0.448 e. The van der Waals surface area contributed by atoms with Crippen molar-refractivity contribution in [2.75, 3.05) is 26.2 Å². The van der Waals surface area contributed by atoms with Gasteiger partial charge in [-0.05, 0) is 54.0 Å². The molecule has 1 amide bonds. The van der Waals surface area contributed by atoms with Crippen molar-refractivity contribution in [3.8, 4) is 0 Å². The van der Waals surface area contributed by atoms with Crippen molar-refractivity contribution in [3.05, 3.63) is 167 Å². The maximum atomic E-state index is 14.2. The summed E-state index contributed by atoms with van der Waals surface area (Å²) >= 11 is 0. The van der Waals surface area contributed by atoms with E-state index in [-0.39, 0.29) is 23.7 Å². The SMILES string of the molecule is O=C(OCCN(Cc1ccccc1)Cc1ccccc1)N1CCC(n2c(=O)n(CC3C=CC=CC3Cc3ccccc3)c3ccccc32)CC1. The number of hydrogen-bond donors (Lipinski definition) is 0. The molecular weight excluding hydrogens is 620 g/mol. The molecule has 50 heavy (non-hydrogen) atoms. The number of piperidine rings is 1. The van der Waals surface area contributed by atoms with E-state index in [4.69, 9.17) is 4.74 Å². The molecule has 4 aromatic carbocycles. The summed E-state index contributed by atoms with van der Waals surface area (Å²) in [6, 6.07) is 39.5. The fraction of sp³-hybridized carbons (Fsp3) is 0.302. The third kappa shape index (κ3) is 8.01. The van der Waals surface area contributed by atoms with Gasteiger partial charge in [-0.1, -0.05) is 127 Å². The molecule has 2 unspecified atom stereocenters. The number of fused-ring (bicyclic) bond motifs is 1. The van der Waals surface area contributed by atoms with E-state index >= 15 is 0 Å². The van der Waals surface area contributed by atoms with Gasteiger partial charge in [-0.3, -0.25) is 14.0 Å². The van der Waals surface area contributed by atoms with Gasteiger partial charge in [0.25, 0.3) is 0 Å². The number of hydrogen-bond acceptors (Lipinski definition) is 4. The Labute approximate surface area is 294 Å². The second-order valence-corrected chi connectivity index (χ2v) is 13.6. The van der Waals surface area contributed by atoms with Crippen molar-refractivity contribution in [3.63, 3.8) is 0 Å². The van der Waals surface area contributed by atoms with Gasteiger partial charge >= 0.3 is 11.8 Å². The van der Waals surface area contributed by atoms with E-state index in [1.165, 1.54) is 16.7 Å². The summed E-state index contributed by atoms with van der Waals surface area (Å²) in [7, 11) is 0. The van der Waals surface area contributed by atoms with Crippen LogP contribution in [-0.2, 0) is 30.8 Å². The molecular formula is C43H46N4O3. The minimum atomic E-state index is -0.279. The fourth-order valence-corrected chi connectivity index (χ4v) is 7.53. The van der Waals surface area contributed by atoms with Crippen LogP contribution in [0.15, 0.2) is 144 Å².